The monoisotopic (exact) mass is 381 g/mol. The van der Waals surface area contributed by atoms with Gasteiger partial charge in [-0.1, -0.05) is 24.3 Å². The number of thioether (sulfide) groups is 2. The van der Waals surface area contributed by atoms with Crippen molar-refractivity contribution in [3.63, 3.8) is 0 Å². The standard InChI is InChI=1S/C20H19N3OS2/c24-19(14-5-7-15(8-6-14)20-25-11-2-12-26-20)22-17-4-1-3-16(13-17)18-9-10-21-23-18/h1,3-10,13,20H,2,11-12H2,(H,21,23)(H,22,24). The van der Waals surface area contributed by atoms with Crippen molar-refractivity contribution in [2.75, 3.05) is 16.8 Å². The number of nitrogens with one attached hydrogen (secondary N) is 2. The van der Waals surface area contributed by atoms with Crippen LogP contribution >= 0.6 is 23.5 Å². The van der Waals surface area contributed by atoms with Gasteiger partial charge in [0.2, 0.25) is 0 Å². The molecule has 0 bridgehead atoms. The van der Waals surface area contributed by atoms with Crippen molar-refractivity contribution in [2.24, 2.45) is 0 Å². The maximum absolute atomic E-state index is 12.6. The quantitative estimate of drug-likeness (QED) is 0.652. The van der Waals surface area contributed by atoms with E-state index in [1.807, 2.05) is 66.0 Å². The summed E-state index contributed by atoms with van der Waals surface area (Å²) in [4.78, 5) is 12.6. The maximum Gasteiger partial charge on any atom is 0.255 e. The Kier molecular flexibility index (Phi) is 5.32. The summed E-state index contributed by atoms with van der Waals surface area (Å²) in [6.07, 6.45) is 3.00. The number of aromatic nitrogens is 2. The Morgan fingerprint density at radius 3 is 2.62 bits per heavy atom. The third-order valence-corrected chi connectivity index (χ3v) is 7.22. The van der Waals surface area contributed by atoms with E-state index < -0.39 is 0 Å². The zero-order chi connectivity index (χ0) is 17.8. The molecule has 1 fully saturated rings. The van der Waals surface area contributed by atoms with Crippen molar-refractivity contribution in [2.45, 2.75) is 11.0 Å². The van der Waals surface area contributed by atoms with Crippen molar-refractivity contribution in [3.8, 4) is 11.3 Å². The van der Waals surface area contributed by atoms with Gasteiger partial charge in [-0.3, -0.25) is 9.89 Å². The normalized spacial score (nSPS) is 14.9. The molecule has 0 radical (unpaired) electrons. The number of amides is 1. The molecule has 0 unspecified atom stereocenters. The molecule has 1 saturated heterocycles. The molecule has 2 heterocycles. The predicted molar refractivity (Wildman–Crippen MR) is 111 cm³/mol. The molecule has 2 aromatic carbocycles. The van der Waals surface area contributed by atoms with E-state index in [4.69, 9.17) is 0 Å². The lowest BCUT2D eigenvalue weighted by atomic mass is 10.1. The third-order valence-electron chi connectivity index (χ3n) is 4.20. The van der Waals surface area contributed by atoms with E-state index in [0.29, 0.717) is 10.1 Å². The first-order valence-corrected chi connectivity index (χ1v) is 10.6. The van der Waals surface area contributed by atoms with Gasteiger partial charge in [0.25, 0.3) is 5.91 Å². The third kappa shape index (κ3) is 3.97. The van der Waals surface area contributed by atoms with E-state index in [-0.39, 0.29) is 5.91 Å². The summed E-state index contributed by atoms with van der Waals surface area (Å²) in [6.45, 7) is 0. The Morgan fingerprint density at radius 2 is 1.88 bits per heavy atom. The summed E-state index contributed by atoms with van der Waals surface area (Å²) in [5.41, 5.74) is 4.64. The highest BCUT2D eigenvalue weighted by atomic mass is 32.2. The van der Waals surface area contributed by atoms with Crippen LogP contribution in [0.2, 0.25) is 0 Å². The van der Waals surface area contributed by atoms with Crippen LogP contribution in [0, 0.1) is 0 Å². The van der Waals surface area contributed by atoms with Crippen molar-refractivity contribution < 1.29 is 4.79 Å². The average Bonchev–Trinajstić information content (AvgIpc) is 3.24. The van der Waals surface area contributed by atoms with Crippen LogP contribution in [-0.2, 0) is 0 Å². The zero-order valence-electron chi connectivity index (χ0n) is 14.1. The van der Waals surface area contributed by atoms with Crippen LogP contribution in [0.1, 0.15) is 26.9 Å². The molecule has 0 atom stereocenters. The number of H-pyrrole nitrogens is 1. The molecular formula is C20H19N3OS2. The number of carbonyl (C=O) groups is 1. The molecule has 1 aliphatic rings. The summed E-state index contributed by atoms with van der Waals surface area (Å²) in [7, 11) is 0. The first-order chi connectivity index (χ1) is 12.8. The van der Waals surface area contributed by atoms with Gasteiger partial charge in [0, 0.05) is 23.0 Å². The van der Waals surface area contributed by atoms with Crippen LogP contribution in [0.15, 0.2) is 60.8 Å². The highest BCUT2D eigenvalue weighted by molar-refractivity contribution is 8.16. The molecule has 0 spiro atoms. The molecule has 1 amide bonds. The SMILES string of the molecule is O=C(Nc1cccc(-c2ccn[nH]2)c1)c1ccc(C2SCCCS2)cc1. The van der Waals surface area contributed by atoms with Gasteiger partial charge in [-0.05, 0) is 53.8 Å². The first kappa shape index (κ1) is 17.2. The number of rotatable bonds is 4. The summed E-state index contributed by atoms with van der Waals surface area (Å²) < 4.78 is 0.493. The van der Waals surface area contributed by atoms with Gasteiger partial charge < -0.3 is 5.32 Å². The molecule has 2 N–H and O–H groups in total. The number of benzene rings is 2. The minimum atomic E-state index is -0.0951. The zero-order valence-corrected chi connectivity index (χ0v) is 15.8. The van der Waals surface area contributed by atoms with Gasteiger partial charge in [0.15, 0.2) is 0 Å². The van der Waals surface area contributed by atoms with Crippen LogP contribution in [0.3, 0.4) is 0 Å². The number of hydrogen-bond acceptors (Lipinski definition) is 4. The van der Waals surface area contributed by atoms with Gasteiger partial charge in [-0.25, -0.2) is 0 Å². The Balaban J connectivity index is 1.45. The number of anilines is 1. The molecular weight excluding hydrogens is 362 g/mol. The van der Waals surface area contributed by atoms with E-state index in [2.05, 4.69) is 27.6 Å². The molecule has 26 heavy (non-hydrogen) atoms. The Hall–Kier alpha value is -2.18. The van der Waals surface area contributed by atoms with Gasteiger partial charge >= 0.3 is 0 Å². The molecule has 0 saturated carbocycles. The molecule has 0 aliphatic carbocycles. The van der Waals surface area contributed by atoms with Crippen molar-refractivity contribution >= 4 is 35.1 Å². The summed E-state index contributed by atoms with van der Waals surface area (Å²) in [6, 6.07) is 17.6. The lowest BCUT2D eigenvalue weighted by Gasteiger charge is -2.21. The Labute approximate surface area is 161 Å². The lowest BCUT2D eigenvalue weighted by molar-refractivity contribution is 0.102. The number of aromatic amines is 1. The summed E-state index contributed by atoms with van der Waals surface area (Å²) in [5, 5.41) is 9.88. The van der Waals surface area contributed by atoms with Gasteiger partial charge in [-0.2, -0.15) is 5.10 Å². The van der Waals surface area contributed by atoms with Crippen LogP contribution in [0.25, 0.3) is 11.3 Å². The molecule has 4 rings (SSSR count). The second-order valence-corrected chi connectivity index (χ2v) is 8.78. The van der Waals surface area contributed by atoms with Crippen molar-refractivity contribution in [1.29, 1.82) is 0 Å². The van der Waals surface area contributed by atoms with Crippen molar-refractivity contribution in [3.05, 3.63) is 71.9 Å². The second kappa shape index (κ2) is 8.01. The second-order valence-electron chi connectivity index (χ2n) is 6.05. The highest BCUT2D eigenvalue weighted by Gasteiger charge is 2.17. The minimum Gasteiger partial charge on any atom is -0.322 e. The summed E-state index contributed by atoms with van der Waals surface area (Å²) >= 11 is 3.98. The largest absolute Gasteiger partial charge is 0.322 e. The molecule has 1 aliphatic heterocycles. The average molecular weight is 382 g/mol. The minimum absolute atomic E-state index is 0.0951. The van der Waals surface area contributed by atoms with Crippen LogP contribution < -0.4 is 5.32 Å². The highest BCUT2D eigenvalue weighted by Crippen LogP contribution is 2.43. The number of carbonyl (C=O) groups excluding carboxylic acids is 1. The van der Waals surface area contributed by atoms with E-state index in [1.54, 1.807) is 6.20 Å². The van der Waals surface area contributed by atoms with Gasteiger partial charge in [-0.15, -0.1) is 23.5 Å². The molecule has 6 heteroatoms. The van der Waals surface area contributed by atoms with Gasteiger partial charge in [0.1, 0.15) is 0 Å². The molecule has 1 aromatic heterocycles. The summed E-state index contributed by atoms with van der Waals surface area (Å²) in [5.74, 6) is 2.33. The molecule has 4 nitrogen and oxygen atoms in total. The number of hydrogen-bond donors (Lipinski definition) is 2. The van der Waals surface area contributed by atoms with Crippen LogP contribution in [0.5, 0.6) is 0 Å². The fourth-order valence-corrected chi connectivity index (χ4v) is 5.75. The fraction of sp³-hybridized carbons (Fsp3) is 0.200. The van der Waals surface area contributed by atoms with Crippen LogP contribution in [-0.4, -0.2) is 27.6 Å². The van der Waals surface area contributed by atoms with E-state index in [0.717, 1.165) is 16.9 Å². The van der Waals surface area contributed by atoms with E-state index in [1.165, 1.54) is 23.5 Å². The van der Waals surface area contributed by atoms with Gasteiger partial charge in [0.05, 0.1) is 10.3 Å². The maximum atomic E-state index is 12.6. The first-order valence-electron chi connectivity index (χ1n) is 8.54. The Morgan fingerprint density at radius 1 is 1.08 bits per heavy atom. The lowest BCUT2D eigenvalue weighted by Crippen LogP contribution is -2.12. The van der Waals surface area contributed by atoms with E-state index >= 15 is 0 Å². The predicted octanol–water partition coefficient (Wildman–Crippen LogP) is 5.20. The molecule has 132 valence electrons. The Bertz CT molecular complexity index is 872. The number of nitrogens with zero attached hydrogens (tertiary/aromatic N) is 1. The molecule has 3 aromatic rings. The van der Waals surface area contributed by atoms with E-state index in [9.17, 15) is 4.79 Å². The topological polar surface area (TPSA) is 57.8 Å². The smallest absolute Gasteiger partial charge is 0.255 e. The fourth-order valence-electron chi connectivity index (χ4n) is 2.86. The van der Waals surface area contributed by atoms with Crippen molar-refractivity contribution in [1.82, 2.24) is 10.2 Å². The van der Waals surface area contributed by atoms with Crippen LogP contribution in [0.4, 0.5) is 5.69 Å².